The van der Waals surface area contributed by atoms with Crippen LogP contribution in [0.25, 0.3) is 0 Å². The van der Waals surface area contributed by atoms with E-state index in [-0.39, 0.29) is 12.5 Å². The Kier molecular flexibility index (Phi) is 3.78. The van der Waals surface area contributed by atoms with E-state index in [1.165, 1.54) is 27.8 Å². The molecule has 1 fully saturated rings. The largest absolute Gasteiger partial charge is 0.416 e. The number of carbonyl (C=O) groups is 1. The summed E-state index contributed by atoms with van der Waals surface area (Å²) in [6.45, 7) is 6.70. The molecule has 0 aliphatic heterocycles. The molecule has 1 aromatic heterocycles. The molecule has 26 heavy (non-hydrogen) atoms. The lowest BCUT2D eigenvalue weighted by atomic mass is 9.95. The number of hydrogen-bond donors (Lipinski definition) is 1. The van der Waals surface area contributed by atoms with Crippen molar-refractivity contribution in [1.29, 1.82) is 0 Å². The van der Waals surface area contributed by atoms with Gasteiger partial charge in [0.25, 0.3) is 5.91 Å². The Morgan fingerprint density at radius 2 is 2.08 bits per heavy atom. The SMILES string of the molecule is Cc1sc(C(=O)NCc2cccc(C(F)(F)F)c2)c2c1[C@@H]1[C@H](C2)C1(C)C. The number of alkyl halides is 3. The van der Waals surface area contributed by atoms with Gasteiger partial charge < -0.3 is 5.32 Å². The first-order chi connectivity index (χ1) is 12.1. The van der Waals surface area contributed by atoms with Crippen molar-refractivity contribution in [2.75, 3.05) is 0 Å². The lowest BCUT2D eigenvalue weighted by Gasteiger charge is -2.11. The first kappa shape index (κ1) is 17.6. The Morgan fingerprint density at radius 1 is 1.35 bits per heavy atom. The van der Waals surface area contributed by atoms with Crippen molar-refractivity contribution in [3.05, 3.63) is 56.3 Å². The van der Waals surface area contributed by atoms with Gasteiger partial charge in [0.1, 0.15) is 0 Å². The third-order valence-corrected chi connectivity index (χ3v) is 7.09. The van der Waals surface area contributed by atoms with Gasteiger partial charge in [-0.15, -0.1) is 11.3 Å². The van der Waals surface area contributed by atoms with Gasteiger partial charge in [-0.3, -0.25) is 4.79 Å². The Labute approximate surface area is 154 Å². The second-order valence-electron chi connectivity index (χ2n) is 7.87. The summed E-state index contributed by atoms with van der Waals surface area (Å²) in [5.41, 5.74) is 2.57. The fourth-order valence-corrected chi connectivity index (χ4v) is 5.58. The van der Waals surface area contributed by atoms with Crippen LogP contribution in [0.4, 0.5) is 13.2 Å². The van der Waals surface area contributed by atoms with Gasteiger partial charge in [0.2, 0.25) is 0 Å². The number of carbonyl (C=O) groups excluding carboxylic acids is 1. The number of thiophene rings is 1. The van der Waals surface area contributed by atoms with Crippen LogP contribution in [0.15, 0.2) is 24.3 Å². The standard InChI is InChI=1S/C20H20F3NOS/c1-10-15-13(8-14-16(15)19(14,2)3)17(26-10)18(25)24-9-11-5-4-6-12(7-11)20(21,22)23/h4-7,14,16H,8-9H2,1-3H3,(H,24,25)/t14-,16-/m0/s1. The third-order valence-electron chi connectivity index (χ3n) is 5.93. The third kappa shape index (κ3) is 2.66. The molecular weight excluding hydrogens is 359 g/mol. The average molecular weight is 379 g/mol. The molecule has 2 nitrogen and oxygen atoms in total. The second-order valence-corrected chi connectivity index (χ2v) is 9.09. The topological polar surface area (TPSA) is 29.1 Å². The maximum atomic E-state index is 12.8. The smallest absolute Gasteiger partial charge is 0.347 e. The summed E-state index contributed by atoms with van der Waals surface area (Å²) >= 11 is 1.51. The van der Waals surface area contributed by atoms with Gasteiger partial charge in [0.05, 0.1) is 10.4 Å². The van der Waals surface area contributed by atoms with Crippen LogP contribution in [-0.4, -0.2) is 5.91 Å². The van der Waals surface area contributed by atoms with Crippen LogP contribution in [0.1, 0.15) is 56.6 Å². The van der Waals surface area contributed by atoms with Crippen LogP contribution in [0.5, 0.6) is 0 Å². The molecule has 0 saturated heterocycles. The number of benzene rings is 1. The fraction of sp³-hybridized carbons (Fsp3) is 0.450. The number of halogens is 3. The molecule has 2 aliphatic carbocycles. The molecule has 1 heterocycles. The van der Waals surface area contributed by atoms with Crippen molar-refractivity contribution < 1.29 is 18.0 Å². The number of hydrogen-bond acceptors (Lipinski definition) is 2. The first-order valence-corrected chi connectivity index (χ1v) is 9.49. The summed E-state index contributed by atoms with van der Waals surface area (Å²) in [6, 6.07) is 5.08. The first-order valence-electron chi connectivity index (χ1n) is 8.67. The van der Waals surface area contributed by atoms with Gasteiger partial charge in [-0.25, -0.2) is 0 Å². The zero-order valence-electron chi connectivity index (χ0n) is 14.8. The minimum atomic E-state index is -4.38. The molecule has 4 rings (SSSR count). The summed E-state index contributed by atoms with van der Waals surface area (Å²) in [5, 5.41) is 2.79. The van der Waals surface area contributed by atoms with Crippen LogP contribution >= 0.6 is 11.3 Å². The second kappa shape index (κ2) is 5.59. The molecule has 138 valence electrons. The molecule has 0 bridgehead atoms. The highest BCUT2D eigenvalue weighted by Gasteiger charge is 2.63. The molecule has 2 aromatic rings. The molecular formula is C20H20F3NOS. The maximum absolute atomic E-state index is 12.8. The molecule has 1 aromatic carbocycles. The van der Waals surface area contributed by atoms with Gasteiger partial charge in [0.15, 0.2) is 0 Å². The molecule has 0 unspecified atom stereocenters. The summed E-state index contributed by atoms with van der Waals surface area (Å²) < 4.78 is 38.4. The van der Waals surface area contributed by atoms with Gasteiger partial charge in [-0.1, -0.05) is 26.0 Å². The number of amides is 1. The zero-order valence-corrected chi connectivity index (χ0v) is 15.6. The van der Waals surface area contributed by atoms with Crippen LogP contribution in [0, 0.1) is 18.3 Å². The normalized spacial score (nSPS) is 22.7. The Balaban J connectivity index is 1.50. The summed E-state index contributed by atoms with van der Waals surface area (Å²) in [4.78, 5) is 14.6. The Morgan fingerprint density at radius 3 is 2.77 bits per heavy atom. The summed E-state index contributed by atoms with van der Waals surface area (Å²) in [7, 11) is 0. The van der Waals surface area contributed by atoms with Crippen LogP contribution < -0.4 is 5.32 Å². The molecule has 0 radical (unpaired) electrons. The number of rotatable bonds is 3. The van der Waals surface area contributed by atoms with E-state index < -0.39 is 11.7 Å². The Bertz CT molecular complexity index is 897. The average Bonchev–Trinajstić information content (AvgIpc) is 2.92. The quantitative estimate of drug-likeness (QED) is 0.770. The van der Waals surface area contributed by atoms with Crippen molar-refractivity contribution in [2.45, 2.75) is 45.8 Å². The van der Waals surface area contributed by atoms with E-state index in [1.54, 1.807) is 6.07 Å². The van der Waals surface area contributed by atoms with Gasteiger partial charge in [-0.05, 0) is 59.4 Å². The van der Waals surface area contributed by atoms with Gasteiger partial charge >= 0.3 is 6.18 Å². The van der Waals surface area contributed by atoms with E-state index in [0.717, 1.165) is 29.0 Å². The van der Waals surface area contributed by atoms with Crippen LogP contribution in [-0.2, 0) is 19.1 Å². The van der Waals surface area contributed by atoms with E-state index in [2.05, 4.69) is 26.1 Å². The van der Waals surface area contributed by atoms with Crippen molar-refractivity contribution >= 4 is 17.2 Å². The zero-order chi connectivity index (χ0) is 18.9. The summed E-state index contributed by atoms with van der Waals surface area (Å²) in [5.74, 6) is 0.990. The molecule has 2 aliphatic rings. The molecule has 2 atom stereocenters. The minimum absolute atomic E-state index is 0.0901. The van der Waals surface area contributed by atoms with Gasteiger partial charge in [-0.2, -0.15) is 13.2 Å². The van der Waals surface area contributed by atoms with Crippen LogP contribution in [0.3, 0.4) is 0 Å². The number of fused-ring (bicyclic) bond motifs is 3. The lowest BCUT2D eigenvalue weighted by molar-refractivity contribution is -0.137. The van der Waals surface area contributed by atoms with E-state index in [4.69, 9.17) is 0 Å². The van der Waals surface area contributed by atoms with Gasteiger partial charge in [0, 0.05) is 11.4 Å². The number of nitrogens with one attached hydrogen (secondary N) is 1. The maximum Gasteiger partial charge on any atom is 0.416 e. The van der Waals surface area contributed by atoms with E-state index in [1.807, 2.05) is 0 Å². The van der Waals surface area contributed by atoms with E-state index in [9.17, 15) is 18.0 Å². The monoisotopic (exact) mass is 379 g/mol. The van der Waals surface area contributed by atoms with Crippen molar-refractivity contribution in [2.24, 2.45) is 11.3 Å². The lowest BCUT2D eigenvalue weighted by Crippen LogP contribution is -2.23. The van der Waals surface area contributed by atoms with Crippen molar-refractivity contribution in [3.63, 3.8) is 0 Å². The highest BCUT2D eigenvalue weighted by Crippen LogP contribution is 2.71. The number of aryl methyl sites for hydroxylation is 1. The van der Waals surface area contributed by atoms with E-state index in [0.29, 0.717) is 22.8 Å². The Hall–Kier alpha value is -1.82. The molecule has 1 amide bonds. The molecule has 6 heteroatoms. The minimum Gasteiger partial charge on any atom is -0.347 e. The molecule has 1 N–H and O–H groups in total. The highest BCUT2D eigenvalue weighted by atomic mass is 32.1. The molecule has 0 spiro atoms. The predicted molar refractivity (Wildman–Crippen MR) is 95.4 cm³/mol. The predicted octanol–water partition coefficient (Wildman–Crippen LogP) is 5.30. The summed E-state index contributed by atoms with van der Waals surface area (Å²) in [6.07, 6.45) is -3.44. The highest BCUT2D eigenvalue weighted by molar-refractivity contribution is 7.14. The fourth-order valence-electron chi connectivity index (χ4n) is 4.44. The molecule has 1 saturated carbocycles. The van der Waals surface area contributed by atoms with Crippen LogP contribution in [0.2, 0.25) is 0 Å². The van der Waals surface area contributed by atoms with Crippen molar-refractivity contribution in [3.8, 4) is 0 Å². The van der Waals surface area contributed by atoms with Crippen molar-refractivity contribution in [1.82, 2.24) is 5.32 Å². The van der Waals surface area contributed by atoms with E-state index >= 15 is 0 Å².